The molecule has 0 aromatic heterocycles. The molecular weight excluding hydrogens is 336 g/mol. The van der Waals surface area contributed by atoms with Crippen molar-refractivity contribution in [3.8, 4) is 0 Å². The standard InChI is InChI=1S/C19H30N2O3S/c1-3-4-5-12-20-19(22)18-10-13-21(14-11-18)25(23,24)15-17-8-6-16(2)7-9-17/h6-9,18H,3-5,10-15H2,1-2H3,(H,20,22). The Morgan fingerprint density at radius 2 is 1.80 bits per heavy atom. The average molecular weight is 367 g/mol. The minimum atomic E-state index is -3.32. The summed E-state index contributed by atoms with van der Waals surface area (Å²) in [4.78, 5) is 12.2. The van der Waals surface area contributed by atoms with Crippen molar-refractivity contribution in [2.24, 2.45) is 5.92 Å². The Balaban J connectivity index is 1.82. The molecule has 1 N–H and O–H groups in total. The van der Waals surface area contributed by atoms with Crippen molar-refractivity contribution in [3.63, 3.8) is 0 Å². The van der Waals surface area contributed by atoms with Crippen LogP contribution >= 0.6 is 0 Å². The van der Waals surface area contributed by atoms with Crippen LogP contribution in [0.3, 0.4) is 0 Å². The van der Waals surface area contributed by atoms with Gasteiger partial charge >= 0.3 is 0 Å². The van der Waals surface area contributed by atoms with Gasteiger partial charge in [-0.05, 0) is 31.7 Å². The van der Waals surface area contributed by atoms with Gasteiger partial charge in [0.1, 0.15) is 0 Å². The number of rotatable bonds is 8. The summed E-state index contributed by atoms with van der Waals surface area (Å²) in [7, 11) is -3.32. The molecule has 0 bridgehead atoms. The van der Waals surface area contributed by atoms with Crippen LogP contribution in [-0.2, 0) is 20.6 Å². The lowest BCUT2D eigenvalue weighted by Crippen LogP contribution is -2.43. The highest BCUT2D eigenvalue weighted by atomic mass is 32.2. The van der Waals surface area contributed by atoms with Gasteiger partial charge in [0, 0.05) is 25.6 Å². The molecule has 0 spiro atoms. The Kier molecular flexibility index (Phi) is 7.44. The molecule has 1 fully saturated rings. The van der Waals surface area contributed by atoms with E-state index in [1.165, 1.54) is 4.31 Å². The lowest BCUT2D eigenvalue weighted by molar-refractivity contribution is -0.126. The normalized spacial score (nSPS) is 16.7. The third-order valence-electron chi connectivity index (χ3n) is 4.77. The number of aryl methyl sites for hydroxylation is 1. The van der Waals surface area contributed by atoms with Crippen LogP contribution in [0.15, 0.2) is 24.3 Å². The van der Waals surface area contributed by atoms with Gasteiger partial charge in [0.2, 0.25) is 15.9 Å². The SMILES string of the molecule is CCCCCNC(=O)C1CCN(S(=O)(=O)Cc2ccc(C)cc2)CC1. The first-order chi connectivity index (χ1) is 11.9. The van der Waals surface area contributed by atoms with Crippen LogP contribution in [0.5, 0.6) is 0 Å². The van der Waals surface area contributed by atoms with E-state index < -0.39 is 10.0 Å². The molecule has 6 heteroatoms. The van der Waals surface area contributed by atoms with Crippen LogP contribution in [0.1, 0.15) is 50.2 Å². The van der Waals surface area contributed by atoms with Crippen LogP contribution in [-0.4, -0.2) is 38.3 Å². The van der Waals surface area contributed by atoms with E-state index in [4.69, 9.17) is 0 Å². The van der Waals surface area contributed by atoms with E-state index in [0.717, 1.165) is 36.9 Å². The Bertz CT molecular complexity index is 648. The molecule has 25 heavy (non-hydrogen) atoms. The second-order valence-electron chi connectivity index (χ2n) is 6.91. The Labute approximate surface area is 151 Å². The summed E-state index contributed by atoms with van der Waals surface area (Å²) in [6, 6.07) is 7.59. The van der Waals surface area contributed by atoms with Crippen LogP contribution in [0.4, 0.5) is 0 Å². The Morgan fingerprint density at radius 3 is 2.40 bits per heavy atom. The molecule has 1 aliphatic rings. The number of sulfonamides is 1. The van der Waals surface area contributed by atoms with Crippen molar-refractivity contribution < 1.29 is 13.2 Å². The summed E-state index contributed by atoms with van der Waals surface area (Å²) >= 11 is 0. The quantitative estimate of drug-likeness (QED) is 0.720. The first-order valence-electron chi connectivity index (χ1n) is 9.23. The topological polar surface area (TPSA) is 66.5 Å². The van der Waals surface area contributed by atoms with Gasteiger partial charge in [-0.2, -0.15) is 0 Å². The molecule has 0 atom stereocenters. The average Bonchev–Trinajstić information content (AvgIpc) is 2.60. The van der Waals surface area contributed by atoms with Gasteiger partial charge in [-0.15, -0.1) is 0 Å². The van der Waals surface area contributed by atoms with E-state index in [9.17, 15) is 13.2 Å². The number of nitrogens with one attached hydrogen (secondary N) is 1. The maximum absolute atomic E-state index is 12.6. The predicted octanol–water partition coefficient (Wildman–Crippen LogP) is 2.84. The Hall–Kier alpha value is -1.40. The number of carbonyl (C=O) groups is 1. The number of amides is 1. The lowest BCUT2D eigenvalue weighted by atomic mass is 9.97. The van der Waals surface area contributed by atoms with Crippen molar-refractivity contribution in [3.05, 3.63) is 35.4 Å². The molecule has 0 unspecified atom stereocenters. The van der Waals surface area contributed by atoms with Crippen LogP contribution in [0, 0.1) is 12.8 Å². The molecule has 1 aromatic rings. The number of hydrogen-bond donors (Lipinski definition) is 1. The van der Waals surface area contributed by atoms with Gasteiger partial charge in [-0.25, -0.2) is 12.7 Å². The first kappa shape index (κ1) is 19.9. The van der Waals surface area contributed by atoms with E-state index in [0.29, 0.717) is 25.9 Å². The van der Waals surface area contributed by atoms with E-state index in [2.05, 4.69) is 12.2 Å². The third-order valence-corrected chi connectivity index (χ3v) is 6.62. The monoisotopic (exact) mass is 366 g/mol. The van der Waals surface area contributed by atoms with Gasteiger partial charge in [-0.3, -0.25) is 4.79 Å². The number of nitrogens with zero attached hydrogens (tertiary/aromatic N) is 1. The van der Waals surface area contributed by atoms with Crippen molar-refractivity contribution in [1.82, 2.24) is 9.62 Å². The van der Waals surface area contributed by atoms with Gasteiger partial charge < -0.3 is 5.32 Å². The minimum absolute atomic E-state index is 0.0289. The molecule has 0 saturated carbocycles. The zero-order valence-electron chi connectivity index (χ0n) is 15.3. The van der Waals surface area contributed by atoms with Crippen molar-refractivity contribution in [2.45, 2.75) is 51.7 Å². The number of unbranched alkanes of at least 4 members (excludes halogenated alkanes) is 2. The molecule has 0 aliphatic carbocycles. The smallest absolute Gasteiger partial charge is 0.223 e. The number of piperidine rings is 1. The van der Waals surface area contributed by atoms with Gasteiger partial charge in [0.05, 0.1) is 5.75 Å². The van der Waals surface area contributed by atoms with E-state index in [1.807, 2.05) is 31.2 Å². The number of carbonyl (C=O) groups excluding carboxylic acids is 1. The zero-order valence-corrected chi connectivity index (χ0v) is 16.1. The molecule has 1 aromatic carbocycles. The summed E-state index contributed by atoms with van der Waals surface area (Å²) in [6.45, 7) is 5.70. The summed E-state index contributed by atoms with van der Waals surface area (Å²) in [5, 5.41) is 2.98. The highest BCUT2D eigenvalue weighted by Crippen LogP contribution is 2.22. The molecule has 1 amide bonds. The largest absolute Gasteiger partial charge is 0.356 e. The molecule has 5 nitrogen and oxygen atoms in total. The number of hydrogen-bond acceptors (Lipinski definition) is 3. The van der Waals surface area contributed by atoms with E-state index in [-0.39, 0.29) is 17.6 Å². The molecule has 2 rings (SSSR count). The summed E-state index contributed by atoms with van der Waals surface area (Å²) in [5.74, 6) is 0.0420. The molecule has 1 saturated heterocycles. The van der Waals surface area contributed by atoms with Gasteiger partial charge in [0.25, 0.3) is 0 Å². The van der Waals surface area contributed by atoms with Crippen molar-refractivity contribution in [1.29, 1.82) is 0 Å². The highest BCUT2D eigenvalue weighted by Gasteiger charge is 2.30. The maximum atomic E-state index is 12.6. The molecular formula is C19H30N2O3S. The molecule has 140 valence electrons. The second-order valence-corrected chi connectivity index (χ2v) is 8.88. The van der Waals surface area contributed by atoms with Gasteiger partial charge in [-0.1, -0.05) is 49.6 Å². The molecule has 0 radical (unpaired) electrons. The zero-order chi connectivity index (χ0) is 18.3. The highest BCUT2D eigenvalue weighted by molar-refractivity contribution is 7.88. The Morgan fingerprint density at radius 1 is 1.16 bits per heavy atom. The van der Waals surface area contributed by atoms with E-state index in [1.54, 1.807) is 0 Å². The summed E-state index contributed by atoms with van der Waals surface area (Å²) in [6.07, 6.45) is 4.47. The molecule has 1 aliphatic heterocycles. The molecule has 1 heterocycles. The summed E-state index contributed by atoms with van der Waals surface area (Å²) in [5.41, 5.74) is 1.92. The first-order valence-corrected chi connectivity index (χ1v) is 10.8. The predicted molar refractivity (Wildman–Crippen MR) is 101 cm³/mol. The van der Waals surface area contributed by atoms with E-state index >= 15 is 0 Å². The van der Waals surface area contributed by atoms with Crippen molar-refractivity contribution in [2.75, 3.05) is 19.6 Å². The summed E-state index contributed by atoms with van der Waals surface area (Å²) < 4.78 is 26.7. The number of benzene rings is 1. The fourth-order valence-corrected chi connectivity index (χ4v) is 4.68. The fourth-order valence-electron chi connectivity index (χ4n) is 3.11. The van der Waals surface area contributed by atoms with Crippen LogP contribution < -0.4 is 5.32 Å². The van der Waals surface area contributed by atoms with Crippen molar-refractivity contribution >= 4 is 15.9 Å². The maximum Gasteiger partial charge on any atom is 0.223 e. The lowest BCUT2D eigenvalue weighted by Gasteiger charge is -2.30. The third kappa shape index (κ3) is 6.12. The fraction of sp³-hybridized carbons (Fsp3) is 0.632. The van der Waals surface area contributed by atoms with Crippen LogP contribution in [0.25, 0.3) is 0 Å². The second kappa shape index (κ2) is 9.34. The van der Waals surface area contributed by atoms with Crippen LogP contribution in [0.2, 0.25) is 0 Å². The minimum Gasteiger partial charge on any atom is -0.356 e. The van der Waals surface area contributed by atoms with Gasteiger partial charge in [0.15, 0.2) is 0 Å².